The second kappa shape index (κ2) is 9.39. The van der Waals surface area contributed by atoms with Gasteiger partial charge in [0, 0.05) is 30.2 Å². The minimum atomic E-state index is -0.276. The summed E-state index contributed by atoms with van der Waals surface area (Å²) in [5.74, 6) is 1.47. The van der Waals surface area contributed by atoms with E-state index in [2.05, 4.69) is 27.8 Å². The van der Waals surface area contributed by atoms with Crippen molar-refractivity contribution in [3.63, 3.8) is 0 Å². The van der Waals surface area contributed by atoms with Crippen LogP contribution in [0.4, 0.5) is 10.5 Å². The molecular weight excluding hydrogens is 374 g/mol. The number of benzene rings is 3. The van der Waals surface area contributed by atoms with Crippen molar-refractivity contribution in [3.05, 3.63) is 109 Å². The molecule has 0 saturated carbocycles. The molecule has 0 spiro atoms. The van der Waals surface area contributed by atoms with Gasteiger partial charge in [0.25, 0.3) is 0 Å². The first kappa shape index (κ1) is 19.2. The number of urea groups is 1. The average Bonchev–Trinajstić information content (AvgIpc) is 2.81. The Bertz CT molecular complexity index is 1100. The molecule has 5 heteroatoms. The number of para-hydroxylation sites is 1. The highest BCUT2D eigenvalue weighted by Crippen LogP contribution is 2.33. The third kappa shape index (κ3) is 5.02. The maximum Gasteiger partial charge on any atom is 0.319 e. The van der Waals surface area contributed by atoms with Crippen LogP contribution in [0.2, 0.25) is 0 Å². The summed E-state index contributed by atoms with van der Waals surface area (Å²) in [7, 11) is 0. The molecule has 0 fully saturated rings. The van der Waals surface area contributed by atoms with Crippen molar-refractivity contribution in [1.82, 2.24) is 10.3 Å². The number of nitrogens with zero attached hydrogens (tertiary/aromatic N) is 1. The molecule has 0 aliphatic carbocycles. The van der Waals surface area contributed by atoms with Crippen molar-refractivity contribution in [2.24, 2.45) is 0 Å². The first-order valence-electron chi connectivity index (χ1n) is 9.64. The summed E-state index contributed by atoms with van der Waals surface area (Å²) in [5, 5.41) is 5.62. The zero-order valence-electron chi connectivity index (χ0n) is 16.3. The normalized spacial score (nSPS) is 10.3. The van der Waals surface area contributed by atoms with E-state index >= 15 is 0 Å². The monoisotopic (exact) mass is 395 g/mol. The van der Waals surface area contributed by atoms with Crippen LogP contribution in [-0.4, -0.2) is 11.0 Å². The minimum Gasteiger partial charge on any atom is -0.457 e. The first-order valence-corrected chi connectivity index (χ1v) is 9.64. The van der Waals surface area contributed by atoms with Gasteiger partial charge in [-0.1, -0.05) is 54.6 Å². The zero-order chi connectivity index (χ0) is 20.6. The lowest BCUT2D eigenvalue weighted by atomic mass is 10.1. The van der Waals surface area contributed by atoms with Gasteiger partial charge in [-0.05, 0) is 47.5 Å². The molecule has 30 heavy (non-hydrogen) atoms. The third-order valence-electron chi connectivity index (χ3n) is 4.49. The topological polar surface area (TPSA) is 63.2 Å². The van der Waals surface area contributed by atoms with Gasteiger partial charge in [0.1, 0.15) is 11.5 Å². The SMILES string of the molecule is O=C(NCc1cccnc1)Nc1ccc(Oc2ccccc2-c2ccccc2)cc1. The Labute approximate surface area is 175 Å². The molecule has 0 radical (unpaired) electrons. The summed E-state index contributed by atoms with van der Waals surface area (Å²) >= 11 is 0. The van der Waals surface area contributed by atoms with Crippen LogP contribution in [0, 0.1) is 0 Å². The van der Waals surface area contributed by atoms with Crippen LogP contribution in [0.3, 0.4) is 0 Å². The van der Waals surface area contributed by atoms with E-state index in [1.165, 1.54) is 0 Å². The lowest BCUT2D eigenvalue weighted by Gasteiger charge is -2.12. The molecule has 1 heterocycles. The van der Waals surface area contributed by atoms with Crippen molar-refractivity contribution in [2.45, 2.75) is 6.54 Å². The van der Waals surface area contributed by atoms with Gasteiger partial charge in [-0.3, -0.25) is 4.98 Å². The van der Waals surface area contributed by atoms with Crippen molar-refractivity contribution < 1.29 is 9.53 Å². The maximum atomic E-state index is 12.1. The molecular formula is C25H21N3O2. The fourth-order valence-electron chi connectivity index (χ4n) is 3.01. The number of rotatable bonds is 6. The van der Waals surface area contributed by atoms with Crippen LogP contribution >= 0.6 is 0 Å². The second-order valence-electron chi connectivity index (χ2n) is 6.66. The smallest absolute Gasteiger partial charge is 0.319 e. The van der Waals surface area contributed by atoms with Crippen molar-refractivity contribution in [3.8, 4) is 22.6 Å². The minimum absolute atomic E-state index is 0.276. The summed E-state index contributed by atoms with van der Waals surface area (Å²) in [4.78, 5) is 16.1. The predicted octanol–water partition coefficient (Wildman–Crippen LogP) is 5.86. The van der Waals surface area contributed by atoms with E-state index in [-0.39, 0.29) is 6.03 Å². The molecule has 0 saturated heterocycles. The Kier molecular flexibility index (Phi) is 6.01. The molecule has 148 valence electrons. The molecule has 0 bridgehead atoms. The van der Waals surface area contributed by atoms with Gasteiger partial charge in [-0.15, -0.1) is 0 Å². The number of ether oxygens (including phenoxy) is 1. The number of carbonyl (C=O) groups is 1. The number of carbonyl (C=O) groups excluding carboxylic acids is 1. The number of pyridine rings is 1. The predicted molar refractivity (Wildman–Crippen MR) is 118 cm³/mol. The van der Waals surface area contributed by atoms with Gasteiger partial charge in [-0.25, -0.2) is 4.79 Å². The lowest BCUT2D eigenvalue weighted by molar-refractivity contribution is 0.251. The van der Waals surface area contributed by atoms with Gasteiger partial charge < -0.3 is 15.4 Å². The number of nitrogens with one attached hydrogen (secondary N) is 2. The van der Waals surface area contributed by atoms with E-state index in [9.17, 15) is 4.79 Å². The number of amides is 2. The Morgan fingerprint density at radius 1 is 0.833 bits per heavy atom. The Morgan fingerprint density at radius 2 is 1.60 bits per heavy atom. The van der Waals surface area contributed by atoms with Gasteiger partial charge in [0.05, 0.1) is 0 Å². The summed E-state index contributed by atoms with van der Waals surface area (Å²) in [6.07, 6.45) is 3.42. The molecule has 0 unspecified atom stereocenters. The van der Waals surface area contributed by atoms with Crippen molar-refractivity contribution in [2.75, 3.05) is 5.32 Å². The van der Waals surface area contributed by atoms with Gasteiger partial charge in [-0.2, -0.15) is 0 Å². The number of hydrogen-bond donors (Lipinski definition) is 2. The van der Waals surface area contributed by atoms with Crippen LogP contribution in [0.15, 0.2) is 103 Å². The largest absolute Gasteiger partial charge is 0.457 e. The Hall–Kier alpha value is -4.12. The summed E-state index contributed by atoms with van der Waals surface area (Å²) in [6.45, 7) is 0.414. The summed E-state index contributed by atoms with van der Waals surface area (Å²) in [6, 6.07) is 28.8. The molecule has 4 rings (SSSR count). The van der Waals surface area contributed by atoms with Crippen molar-refractivity contribution >= 4 is 11.7 Å². The number of aromatic nitrogens is 1. The molecule has 0 aliphatic rings. The highest BCUT2D eigenvalue weighted by atomic mass is 16.5. The van der Waals surface area contributed by atoms with E-state index < -0.39 is 0 Å². The van der Waals surface area contributed by atoms with Crippen LogP contribution in [0.25, 0.3) is 11.1 Å². The third-order valence-corrected chi connectivity index (χ3v) is 4.49. The zero-order valence-corrected chi connectivity index (χ0v) is 16.3. The molecule has 3 aromatic carbocycles. The molecule has 0 atom stereocenters. The Balaban J connectivity index is 1.38. The standard InChI is InChI=1S/C25H21N3O2/c29-25(27-18-19-7-6-16-26-17-19)28-21-12-14-22(15-13-21)30-24-11-5-4-10-23(24)20-8-2-1-3-9-20/h1-17H,18H2,(H2,27,28,29). The molecule has 5 nitrogen and oxygen atoms in total. The quantitative estimate of drug-likeness (QED) is 0.430. The van der Waals surface area contributed by atoms with E-state index in [1.807, 2.05) is 78.9 Å². The molecule has 4 aromatic rings. The van der Waals surface area contributed by atoms with Gasteiger partial charge >= 0.3 is 6.03 Å². The molecule has 1 aromatic heterocycles. The fourth-order valence-corrected chi connectivity index (χ4v) is 3.01. The second-order valence-corrected chi connectivity index (χ2v) is 6.66. The van der Waals surface area contributed by atoms with E-state index in [0.29, 0.717) is 18.0 Å². The molecule has 0 aliphatic heterocycles. The first-order chi connectivity index (χ1) is 14.8. The molecule has 2 N–H and O–H groups in total. The summed E-state index contributed by atoms with van der Waals surface area (Å²) in [5.41, 5.74) is 3.74. The van der Waals surface area contributed by atoms with Crippen LogP contribution in [-0.2, 0) is 6.54 Å². The average molecular weight is 395 g/mol. The van der Waals surface area contributed by atoms with Crippen LogP contribution in [0.5, 0.6) is 11.5 Å². The number of anilines is 1. The van der Waals surface area contributed by atoms with E-state index in [1.54, 1.807) is 12.4 Å². The van der Waals surface area contributed by atoms with Gasteiger partial charge in [0.2, 0.25) is 0 Å². The lowest BCUT2D eigenvalue weighted by Crippen LogP contribution is -2.28. The van der Waals surface area contributed by atoms with Crippen LogP contribution < -0.4 is 15.4 Å². The highest BCUT2D eigenvalue weighted by Gasteiger charge is 2.07. The van der Waals surface area contributed by atoms with Crippen LogP contribution in [0.1, 0.15) is 5.56 Å². The number of hydrogen-bond acceptors (Lipinski definition) is 3. The fraction of sp³-hybridized carbons (Fsp3) is 0.0400. The Morgan fingerprint density at radius 3 is 2.37 bits per heavy atom. The highest BCUT2D eigenvalue weighted by molar-refractivity contribution is 5.89. The maximum absolute atomic E-state index is 12.1. The van der Waals surface area contributed by atoms with E-state index in [0.717, 1.165) is 22.4 Å². The van der Waals surface area contributed by atoms with Gasteiger partial charge in [0.15, 0.2) is 0 Å². The van der Waals surface area contributed by atoms with Crippen molar-refractivity contribution in [1.29, 1.82) is 0 Å². The summed E-state index contributed by atoms with van der Waals surface area (Å²) < 4.78 is 6.09. The van der Waals surface area contributed by atoms with E-state index in [4.69, 9.17) is 4.74 Å². The molecule has 2 amide bonds.